The van der Waals surface area contributed by atoms with Gasteiger partial charge in [0, 0.05) is 18.0 Å². The number of anilines is 1. The largest absolute Gasteiger partial charge is 0.363 e. The number of nitrogens with zero attached hydrogens (tertiary/aromatic N) is 3. The van der Waals surface area contributed by atoms with Gasteiger partial charge in [-0.3, -0.25) is 4.98 Å². The second-order valence-electron chi connectivity index (χ2n) is 6.83. The number of aromatic nitrogens is 2. The Labute approximate surface area is 171 Å². The van der Waals surface area contributed by atoms with Crippen molar-refractivity contribution in [1.29, 1.82) is 5.26 Å². The van der Waals surface area contributed by atoms with E-state index in [1.165, 1.54) is 6.26 Å². The van der Waals surface area contributed by atoms with Crippen LogP contribution >= 0.6 is 0 Å². The van der Waals surface area contributed by atoms with Crippen molar-refractivity contribution in [2.45, 2.75) is 31.7 Å². The lowest BCUT2D eigenvalue weighted by Gasteiger charge is -2.13. The average molecular weight is 407 g/mol. The summed E-state index contributed by atoms with van der Waals surface area (Å²) in [6.45, 7) is 4.41. The molecule has 3 rings (SSSR count). The molecule has 0 amide bonds. The molecule has 1 aromatic carbocycles. The summed E-state index contributed by atoms with van der Waals surface area (Å²) in [7, 11) is -3.26. The smallest absolute Gasteiger partial charge is 0.175 e. The molecule has 2 aromatic heterocycles. The molecule has 3 aromatic rings. The Hall–Kier alpha value is -3.24. The normalized spacial score (nSPS) is 11.1. The van der Waals surface area contributed by atoms with E-state index in [2.05, 4.69) is 21.4 Å². The third-order valence-electron chi connectivity index (χ3n) is 4.58. The number of rotatable bonds is 6. The topological polar surface area (TPSA) is 95.7 Å². The van der Waals surface area contributed by atoms with Crippen LogP contribution in [0.5, 0.6) is 0 Å². The Morgan fingerprint density at radius 1 is 1.14 bits per heavy atom. The minimum absolute atomic E-state index is 0.259. The van der Waals surface area contributed by atoms with Crippen LogP contribution in [-0.4, -0.2) is 24.6 Å². The van der Waals surface area contributed by atoms with E-state index in [0.29, 0.717) is 30.0 Å². The van der Waals surface area contributed by atoms with Gasteiger partial charge < -0.3 is 5.32 Å². The van der Waals surface area contributed by atoms with Crippen LogP contribution in [0.15, 0.2) is 53.6 Å². The van der Waals surface area contributed by atoms with Gasteiger partial charge in [-0.1, -0.05) is 25.1 Å². The molecule has 6 nitrogen and oxygen atoms in total. The van der Waals surface area contributed by atoms with E-state index in [1.807, 2.05) is 32.0 Å². The van der Waals surface area contributed by atoms with Crippen LogP contribution in [0.4, 0.5) is 5.82 Å². The van der Waals surface area contributed by atoms with Gasteiger partial charge in [-0.15, -0.1) is 0 Å². The number of sulfone groups is 1. The van der Waals surface area contributed by atoms with E-state index in [9.17, 15) is 13.7 Å². The van der Waals surface area contributed by atoms with E-state index < -0.39 is 9.84 Å². The third-order valence-corrected chi connectivity index (χ3v) is 5.71. The van der Waals surface area contributed by atoms with Gasteiger partial charge in [-0.25, -0.2) is 13.4 Å². The number of pyridine rings is 2. The monoisotopic (exact) mass is 406 g/mol. The Bertz CT molecular complexity index is 1160. The lowest BCUT2D eigenvalue weighted by Crippen LogP contribution is -2.07. The summed E-state index contributed by atoms with van der Waals surface area (Å²) in [5.74, 6) is 0.497. The number of hydrogen-bond acceptors (Lipinski definition) is 6. The van der Waals surface area contributed by atoms with Gasteiger partial charge in [0.25, 0.3) is 0 Å². The first kappa shape index (κ1) is 20.5. The van der Waals surface area contributed by atoms with Crippen molar-refractivity contribution in [3.05, 3.63) is 71.0 Å². The number of nitrogens with one attached hydrogen (secondary N) is 1. The molecular formula is C22H22N4O2S. The highest BCUT2D eigenvalue weighted by Crippen LogP contribution is 2.27. The Balaban J connectivity index is 1.97. The Morgan fingerprint density at radius 2 is 1.86 bits per heavy atom. The first-order valence-electron chi connectivity index (χ1n) is 9.21. The fourth-order valence-electron chi connectivity index (χ4n) is 2.93. The lowest BCUT2D eigenvalue weighted by atomic mass is 10.0. The zero-order valence-electron chi connectivity index (χ0n) is 16.6. The summed E-state index contributed by atoms with van der Waals surface area (Å²) in [6, 6.07) is 14.6. The van der Waals surface area contributed by atoms with E-state index >= 15 is 0 Å². The molecule has 0 unspecified atom stereocenters. The predicted molar refractivity (Wildman–Crippen MR) is 113 cm³/mol. The van der Waals surface area contributed by atoms with Crippen LogP contribution in [0.1, 0.15) is 29.3 Å². The standard InChI is InChI=1S/C22H22N4O2S/c1-4-16-11-21(17-6-9-19(10-7-17)29(3,27)28)26-22(20(16)12-23)25-14-18-8-5-15(2)13-24-18/h5-11,13H,4,14H2,1-3H3,(H,25,26). The molecule has 29 heavy (non-hydrogen) atoms. The molecule has 0 atom stereocenters. The summed E-state index contributed by atoms with van der Waals surface area (Å²) >= 11 is 0. The molecule has 0 aliphatic carbocycles. The number of hydrogen-bond donors (Lipinski definition) is 1. The first-order valence-corrected chi connectivity index (χ1v) is 11.1. The van der Waals surface area contributed by atoms with Crippen LogP contribution < -0.4 is 5.32 Å². The third kappa shape index (κ3) is 4.79. The van der Waals surface area contributed by atoms with Crippen LogP contribution in [0.25, 0.3) is 11.3 Å². The van der Waals surface area contributed by atoms with Gasteiger partial charge in [0.05, 0.1) is 28.4 Å². The number of benzene rings is 1. The SMILES string of the molecule is CCc1cc(-c2ccc(S(C)(=O)=O)cc2)nc(NCc2ccc(C)cn2)c1C#N. The number of aryl methyl sites for hydroxylation is 2. The fourth-order valence-corrected chi connectivity index (χ4v) is 3.56. The van der Waals surface area contributed by atoms with Crippen molar-refractivity contribution in [2.75, 3.05) is 11.6 Å². The quantitative estimate of drug-likeness (QED) is 0.667. The van der Waals surface area contributed by atoms with Gasteiger partial charge >= 0.3 is 0 Å². The number of nitriles is 1. The van der Waals surface area contributed by atoms with Crippen molar-refractivity contribution >= 4 is 15.7 Å². The van der Waals surface area contributed by atoms with Crippen molar-refractivity contribution in [3.8, 4) is 17.3 Å². The Morgan fingerprint density at radius 3 is 2.41 bits per heavy atom. The second kappa shape index (κ2) is 8.41. The van der Waals surface area contributed by atoms with Crippen molar-refractivity contribution < 1.29 is 8.42 Å². The summed E-state index contributed by atoms with van der Waals surface area (Å²) in [4.78, 5) is 9.27. The van der Waals surface area contributed by atoms with E-state index in [0.717, 1.165) is 22.4 Å². The van der Waals surface area contributed by atoms with Gasteiger partial charge in [-0.2, -0.15) is 5.26 Å². The summed E-state index contributed by atoms with van der Waals surface area (Å²) in [5, 5.41) is 12.9. The van der Waals surface area contributed by atoms with E-state index in [-0.39, 0.29) is 4.90 Å². The van der Waals surface area contributed by atoms with Crippen LogP contribution in [0, 0.1) is 18.3 Å². The Kier molecular flexibility index (Phi) is 5.95. The molecule has 0 aliphatic heterocycles. The minimum Gasteiger partial charge on any atom is -0.363 e. The van der Waals surface area contributed by atoms with Crippen LogP contribution in [0.3, 0.4) is 0 Å². The zero-order valence-corrected chi connectivity index (χ0v) is 17.4. The summed E-state index contributed by atoms with van der Waals surface area (Å²) in [5.41, 5.74) is 4.79. The second-order valence-corrected chi connectivity index (χ2v) is 8.85. The predicted octanol–water partition coefficient (Wildman–Crippen LogP) is 3.90. The highest BCUT2D eigenvalue weighted by atomic mass is 32.2. The maximum Gasteiger partial charge on any atom is 0.175 e. The maximum atomic E-state index is 11.7. The fraction of sp³-hybridized carbons (Fsp3) is 0.227. The molecule has 0 saturated heterocycles. The highest BCUT2D eigenvalue weighted by molar-refractivity contribution is 7.90. The zero-order chi connectivity index (χ0) is 21.0. The summed E-state index contributed by atoms with van der Waals surface area (Å²) in [6.07, 6.45) is 3.66. The average Bonchev–Trinajstić information content (AvgIpc) is 2.72. The first-order chi connectivity index (χ1) is 13.8. The molecule has 0 radical (unpaired) electrons. The molecular weight excluding hydrogens is 384 g/mol. The van der Waals surface area contributed by atoms with Crippen molar-refractivity contribution in [3.63, 3.8) is 0 Å². The van der Waals surface area contributed by atoms with E-state index in [1.54, 1.807) is 30.5 Å². The van der Waals surface area contributed by atoms with E-state index in [4.69, 9.17) is 0 Å². The maximum absolute atomic E-state index is 11.7. The van der Waals surface area contributed by atoms with Crippen molar-refractivity contribution in [1.82, 2.24) is 9.97 Å². The lowest BCUT2D eigenvalue weighted by molar-refractivity contribution is 0.602. The van der Waals surface area contributed by atoms with Gasteiger partial charge in [0.15, 0.2) is 9.84 Å². The minimum atomic E-state index is -3.26. The molecule has 1 N–H and O–H groups in total. The molecule has 0 saturated carbocycles. The van der Waals surface area contributed by atoms with Gasteiger partial charge in [0.2, 0.25) is 0 Å². The summed E-state index contributed by atoms with van der Waals surface area (Å²) < 4.78 is 23.4. The van der Waals surface area contributed by atoms with Crippen LogP contribution in [-0.2, 0) is 22.8 Å². The molecule has 0 aliphatic rings. The molecule has 148 valence electrons. The molecule has 0 bridgehead atoms. The molecule has 0 fully saturated rings. The van der Waals surface area contributed by atoms with Crippen molar-refractivity contribution in [2.24, 2.45) is 0 Å². The van der Waals surface area contributed by atoms with Gasteiger partial charge in [0.1, 0.15) is 11.9 Å². The molecule has 0 spiro atoms. The molecule has 2 heterocycles. The van der Waals surface area contributed by atoms with Gasteiger partial charge in [-0.05, 0) is 48.7 Å². The molecule has 7 heteroatoms. The van der Waals surface area contributed by atoms with Crippen LogP contribution in [0.2, 0.25) is 0 Å². The highest BCUT2D eigenvalue weighted by Gasteiger charge is 2.14.